The third kappa shape index (κ3) is 2.76. The lowest BCUT2D eigenvalue weighted by atomic mass is 9.58. The average molecular weight is 328 g/mol. The molecule has 1 aromatic carbocycles. The summed E-state index contributed by atoms with van der Waals surface area (Å²) < 4.78 is 0. The number of carbonyl (C=O) groups is 1. The molecule has 1 spiro atoms. The van der Waals surface area contributed by atoms with Crippen molar-refractivity contribution in [1.29, 1.82) is 0 Å². The SMILES string of the molecule is Cc1cc2c(cc1C(=O)NO)CCN(C1CC3(CCCCC3)C1)C2. The molecule has 0 bridgehead atoms. The number of rotatable bonds is 2. The predicted molar refractivity (Wildman–Crippen MR) is 93.1 cm³/mol. The van der Waals surface area contributed by atoms with Gasteiger partial charge in [0.1, 0.15) is 0 Å². The average Bonchev–Trinajstić information content (AvgIpc) is 2.58. The Labute approximate surface area is 144 Å². The van der Waals surface area contributed by atoms with Crippen molar-refractivity contribution in [2.45, 2.75) is 70.9 Å². The topological polar surface area (TPSA) is 52.6 Å². The Bertz CT molecular complexity index is 641. The number of benzene rings is 1. The van der Waals surface area contributed by atoms with Gasteiger partial charge in [0.2, 0.25) is 0 Å². The van der Waals surface area contributed by atoms with Gasteiger partial charge in [-0.3, -0.25) is 14.9 Å². The molecule has 24 heavy (non-hydrogen) atoms. The summed E-state index contributed by atoms with van der Waals surface area (Å²) in [7, 11) is 0. The number of hydrogen-bond acceptors (Lipinski definition) is 3. The van der Waals surface area contributed by atoms with E-state index in [4.69, 9.17) is 5.21 Å². The van der Waals surface area contributed by atoms with Crippen molar-refractivity contribution in [3.63, 3.8) is 0 Å². The maximum absolute atomic E-state index is 11.7. The van der Waals surface area contributed by atoms with Crippen LogP contribution < -0.4 is 5.48 Å². The first-order valence-electron chi connectivity index (χ1n) is 9.41. The smallest absolute Gasteiger partial charge is 0.274 e. The van der Waals surface area contributed by atoms with Gasteiger partial charge in [0.25, 0.3) is 5.91 Å². The first-order valence-corrected chi connectivity index (χ1v) is 9.41. The van der Waals surface area contributed by atoms with Gasteiger partial charge >= 0.3 is 0 Å². The highest BCUT2D eigenvalue weighted by molar-refractivity contribution is 5.95. The van der Waals surface area contributed by atoms with Crippen molar-refractivity contribution < 1.29 is 10.0 Å². The molecule has 2 fully saturated rings. The lowest BCUT2D eigenvalue weighted by molar-refractivity contribution is -0.0307. The van der Waals surface area contributed by atoms with Crippen LogP contribution in [0.1, 0.15) is 72.0 Å². The van der Waals surface area contributed by atoms with Gasteiger partial charge in [-0.05, 0) is 67.2 Å². The number of hydroxylamine groups is 1. The summed E-state index contributed by atoms with van der Waals surface area (Å²) in [5.41, 5.74) is 6.60. The minimum absolute atomic E-state index is 0.407. The van der Waals surface area contributed by atoms with E-state index in [0.717, 1.165) is 31.1 Å². The van der Waals surface area contributed by atoms with E-state index in [1.54, 1.807) is 5.48 Å². The molecule has 4 rings (SSSR count). The number of aryl methyl sites for hydroxylation is 1. The Balaban J connectivity index is 1.45. The van der Waals surface area contributed by atoms with Crippen LogP contribution in [0.15, 0.2) is 12.1 Å². The number of nitrogens with zero attached hydrogens (tertiary/aromatic N) is 1. The normalized spacial score (nSPS) is 23.6. The van der Waals surface area contributed by atoms with Crippen LogP contribution >= 0.6 is 0 Å². The molecule has 1 aromatic rings. The first-order chi connectivity index (χ1) is 11.6. The van der Waals surface area contributed by atoms with E-state index < -0.39 is 5.91 Å². The van der Waals surface area contributed by atoms with Crippen molar-refractivity contribution in [2.24, 2.45) is 5.41 Å². The summed E-state index contributed by atoms with van der Waals surface area (Å²) >= 11 is 0. The van der Waals surface area contributed by atoms with Crippen molar-refractivity contribution >= 4 is 5.91 Å². The molecule has 2 aliphatic carbocycles. The molecule has 0 radical (unpaired) electrons. The third-order valence-corrected chi connectivity index (χ3v) is 6.70. The number of amides is 1. The monoisotopic (exact) mass is 328 g/mol. The molecule has 2 saturated carbocycles. The standard InChI is InChI=1S/C20H28N2O2/c1-14-9-16-13-22(8-5-15(16)10-18(14)19(23)21-24)17-11-20(12-17)6-3-2-4-7-20/h9-10,17,24H,2-8,11-13H2,1H3,(H,21,23). The summed E-state index contributed by atoms with van der Waals surface area (Å²) in [6, 6.07) is 4.87. The zero-order chi connectivity index (χ0) is 16.7. The van der Waals surface area contributed by atoms with Gasteiger partial charge in [0.15, 0.2) is 0 Å². The summed E-state index contributed by atoms with van der Waals surface area (Å²) in [6.07, 6.45) is 11.0. The fourth-order valence-corrected chi connectivity index (χ4v) is 5.28. The van der Waals surface area contributed by atoms with E-state index in [1.807, 2.05) is 13.0 Å². The molecule has 130 valence electrons. The zero-order valence-electron chi connectivity index (χ0n) is 14.6. The van der Waals surface area contributed by atoms with E-state index in [-0.39, 0.29) is 0 Å². The molecule has 1 amide bonds. The van der Waals surface area contributed by atoms with Gasteiger partial charge in [-0.2, -0.15) is 0 Å². The highest BCUT2D eigenvalue weighted by Crippen LogP contribution is 2.53. The summed E-state index contributed by atoms with van der Waals surface area (Å²) in [5, 5.41) is 8.88. The molecule has 4 heteroatoms. The molecule has 1 heterocycles. The Morgan fingerprint density at radius 3 is 2.67 bits per heavy atom. The molecule has 0 unspecified atom stereocenters. The molecule has 3 aliphatic rings. The van der Waals surface area contributed by atoms with Gasteiger partial charge in [-0.15, -0.1) is 0 Å². The van der Waals surface area contributed by atoms with E-state index in [0.29, 0.717) is 11.0 Å². The van der Waals surface area contributed by atoms with Gasteiger partial charge in [0, 0.05) is 24.7 Å². The van der Waals surface area contributed by atoms with E-state index in [1.165, 1.54) is 56.1 Å². The van der Waals surface area contributed by atoms with E-state index in [2.05, 4.69) is 11.0 Å². The van der Waals surface area contributed by atoms with E-state index in [9.17, 15) is 4.79 Å². The second kappa shape index (κ2) is 6.16. The minimum Gasteiger partial charge on any atom is -0.296 e. The summed E-state index contributed by atoms with van der Waals surface area (Å²) in [4.78, 5) is 14.4. The number of nitrogens with one attached hydrogen (secondary N) is 1. The number of fused-ring (bicyclic) bond motifs is 1. The summed E-state index contributed by atoms with van der Waals surface area (Å²) in [6.45, 7) is 4.05. The highest BCUT2D eigenvalue weighted by Gasteiger charge is 2.46. The first kappa shape index (κ1) is 16.1. The van der Waals surface area contributed by atoms with Gasteiger partial charge in [-0.1, -0.05) is 25.3 Å². The Morgan fingerprint density at radius 1 is 1.21 bits per heavy atom. The lowest BCUT2D eigenvalue weighted by Gasteiger charge is -2.54. The van der Waals surface area contributed by atoms with Crippen LogP contribution in [0.5, 0.6) is 0 Å². The van der Waals surface area contributed by atoms with Crippen LogP contribution in [-0.4, -0.2) is 28.6 Å². The molecular formula is C20H28N2O2. The van der Waals surface area contributed by atoms with E-state index >= 15 is 0 Å². The molecular weight excluding hydrogens is 300 g/mol. The second-order valence-electron chi connectivity index (χ2n) is 8.22. The third-order valence-electron chi connectivity index (χ3n) is 6.70. The van der Waals surface area contributed by atoms with Crippen LogP contribution in [-0.2, 0) is 13.0 Å². The molecule has 0 saturated heterocycles. The predicted octanol–water partition coefficient (Wildman–Crippen LogP) is 3.59. The molecule has 2 N–H and O–H groups in total. The number of hydrogen-bond donors (Lipinski definition) is 2. The largest absolute Gasteiger partial charge is 0.296 e. The fourth-order valence-electron chi connectivity index (χ4n) is 5.28. The zero-order valence-corrected chi connectivity index (χ0v) is 14.6. The maximum atomic E-state index is 11.7. The highest BCUT2D eigenvalue weighted by atomic mass is 16.5. The van der Waals surface area contributed by atoms with Gasteiger partial charge in [0.05, 0.1) is 0 Å². The van der Waals surface area contributed by atoms with Crippen molar-refractivity contribution in [1.82, 2.24) is 10.4 Å². The molecule has 1 aliphatic heterocycles. The second-order valence-corrected chi connectivity index (χ2v) is 8.22. The van der Waals surface area contributed by atoms with Gasteiger partial charge < -0.3 is 0 Å². The van der Waals surface area contributed by atoms with Crippen molar-refractivity contribution in [2.75, 3.05) is 6.54 Å². The lowest BCUT2D eigenvalue weighted by Crippen LogP contribution is -2.52. The Morgan fingerprint density at radius 2 is 1.96 bits per heavy atom. The van der Waals surface area contributed by atoms with Crippen molar-refractivity contribution in [3.8, 4) is 0 Å². The van der Waals surface area contributed by atoms with Crippen LogP contribution in [0.25, 0.3) is 0 Å². The van der Waals surface area contributed by atoms with Crippen LogP contribution in [0.3, 0.4) is 0 Å². The molecule has 0 aromatic heterocycles. The molecule has 0 atom stereocenters. The van der Waals surface area contributed by atoms with Gasteiger partial charge in [-0.25, -0.2) is 5.48 Å². The molecule has 4 nitrogen and oxygen atoms in total. The van der Waals surface area contributed by atoms with Crippen molar-refractivity contribution in [3.05, 3.63) is 34.4 Å². The fraction of sp³-hybridized carbons (Fsp3) is 0.650. The van der Waals surface area contributed by atoms with Crippen LogP contribution in [0, 0.1) is 12.3 Å². The Hall–Kier alpha value is -1.39. The summed E-state index contributed by atoms with van der Waals surface area (Å²) in [5.74, 6) is -0.407. The maximum Gasteiger partial charge on any atom is 0.274 e. The minimum atomic E-state index is -0.407. The van der Waals surface area contributed by atoms with Crippen LogP contribution in [0.2, 0.25) is 0 Å². The number of carbonyl (C=O) groups excluding carboxylic acids is 1. The Kier molecular flexibility index (Phi) is 4.13. The van der Waals surface area contributed by atoms with Crippen LogP contribution in [0.4, 0.5) is 0 Å². The quantitative estimate of drug-likeness (QED) is 0.644.